The lowest BCUT2D eigenvalue weighted by Gasteiger charge is -2.33. The average Bonchev–Trinajstić information content (AvgIpc) is 2.69. The first-order valence-corrected chi connectivity index (χ1v) is 7.08. The van der Waals surface area contributed by atoms with E-state index in [0.29, 0.717) is 17.6 Å². The van der Waals surface area contributed by atoms with Crippen LogP contribution in [0.4, 0.5) is 4.39 Å². The third kappa shape index (κ3) is 2.81. The molecule has 0 spiro atoms. The summed E-state index contributed by atoms with van der Waals surface area (Å²) >= 11 is 0. The fraction of sp³-hybridized carbons (Fsp3) is 0.688. The molecule has 0 aliphatic carbocycles. The second-order valence-corrected chi connectivity index (χ2v) is 6.39. The standard InChI is InChI=1S/C16H24FNO/c1-10-8-11(2)19-15(10)16(4,5)14-9-13(12(3)17)6-7-18-14/h6-7,9-12,15H,8H2,1-5H3/t10-,11+,12?,15+/m1/s1. The normalized spacial score (nSPS) is 29.5. The summed E-state index contributed by atoms with van der Waals surface area (Å²) in [6.45, 7) is 10.2. The molecule has 0 radical (unpaired) electrons. The van der Waals surface area contributed by atoms with Gasteiger partial charge in [0.25, 0.3) is 0 Å². The lowest BCUT2D eigenvalue weighted by Crippen LogP contribution is -2.38. The number of hydrogen-bond donors (Lipinski definition) is 0. The lowest BCUT2D eigenvalue weighted by molar-refractivity contribution is 0.000884. The highest BCUT2D eigenvalue weighted by atomic mass is 19.1. The maximum atomic E-state index is 13.5. The van der Waals surface area contributed by atoms with Crippen LogP contribution in [0, 0.1) is 5.92 Å². The summed E-state index contributed by atoms with van der Waals surface area (Å²) in [6, 6.07) is 3.62. The van der Waals surface area contributed by atoms with Gasteiger partial charge in [-0.1, -0.05) is 20.8 Å². The molecule has 0 saturated carbocycles. The zero-order valence-corrected chi connectivity index (χ0v) is 12.5. The number of nitrogens with zero attached hydrogens (tertiary/aromatic N) is 1. The highest BCUT2D eigenvalue weighted by Crippen LogP contribution is 2.39. The fourth-order valence-electron chi connectivity index (χ4n) is 3.16. The van der Waals surface area contributed by atoms with Crippen LogP contribution in [0.3, 0.4) is 0 Å². The largest absolute Gasteiger partial charge is 0.374 e. The molecular weight excluding hydrogens is 241 g/mol. The van der Waals surface area contributed by atoms with Gasteiger partial charge in [0.15, 0.2) is 0 Å². The van der Waals surface area contributed by atoms with E-state index in [-0.39, 0.29) is 11.5 Å². The number of ether oxygens (including phenoxy) is 1. The number of halogens is 1. The minimum atomic E-state index is -0.960. The van der Waals surface area contributed by atoms with Gasteiger partial charge in [-0.15, -0.1) is 0 Å². The van der Waals surface area contributed by atoms with Crippen molar-refractivity contribution in [2.24, 2.45) is 5.92 Å². The van der Waals surface area contributed by atoms with Crippen molar-refractivity contribution in [1.82, 2.24) is 4.98 Å². The van der Waals surface area contributed by atoms with Gasteiger partial charge in [0.2, 0.25) is 0 Å². The Morgan fingerprint density at radius 3 is 2.63 bits per heavy atom. The van der Waals surface area contributed by atoms with Crippen molar-refractivity contribution in [3.63, 3.8) is 0 Å². The molecule has 19 heavy (non-hydrogen) atoms. The Balaban J connectivity index is 2.31. The molecule has 3 heteroatoms. The molecule has 2 nitrogen and oxygen atoms in total. The second-order valence-electron chi connectivity index (χ2n) is 6.39. The van der Waals surface area contributed by atoms with Gasteiger partial charge in [-0.25, -0.2) is 4.39 Å². The molecule has 1 unspecified atom stereocenters. The summed E-state index contributed by atoms with van der Waals surface area (Å²) in [6.07, 6.45) is 2.25. The first kappa shape index (κ1) is 14.4. The van der Waals surface area contributed by atoms with Gasteiger partial charge in [-0.05, 0) is 43.9 Å². The average molecular weight is 265 g/mol. The molecule has 4 atom stereocenters. The van der Waals surface area contributed by atoms with Gasteiger partial charge in [-0.3, -0.25) is 4.98 Å². The Morgan fingerprint density at radius 2 is 2.11 bits per heavy atom. The summed E-state index contributed by atoms with van der Waals surface area (Å²) in [5, 5.41) is 0. The van der Waals surface area contributed by atoms with E-state index < -0.39 is 6.17 Å². The minimum absolute atomic E-state index is 0.139. The van der Waals surface area contributed by atoms with Gasteiger partial charge in [0.05, 0.1) is 12.2 Å². The van der Waals surface area contributed by atoms with Crippen LogP contribution in [0.5, 0.6) is 0 Å². The van der Waals surface area contributed by atoms with Gasteiger partial charge in [0.1, 0.15) is 6.17 Å². The molecule has 0 amide bonds. The zero-order chi connectivity index (χ0) is 14.2. The summed E-state index contributed by atoms with van der Waals surface area (Å²) < 4.78 is 19.5. The number of pyridine rings is 1. The van der Waals surface area contributed by atoms with E-state index in [2.05, 4.69) is 32.7 Å². The Kier molecular flexibility index (Phi) is 3.95. The van der Waals surface area contributed by atoms with Crippen LogP contribution in [0.2, 0.25) is 0 Å². The zero-order valence-electron chi connectivity index (χ0n) is 12.5. The monoisotopic (exact) mass is 265 g/mol. The summed E-state index contributed by atoms with van der Waals surface area (Å²) in [4.78, 5) is 4.45. The number of hydrogen-bond acceptors (Lipinski definition) is 2. The van der Waals surface area contributed by atoms with Crippen molar-refractivity contribution in [1.29, 1.82) is 0 Å². The maximum absolute atomic E-state index is 13.5. The van der Waals surface area contributed by atoms with E-state index >= 15 is 0 Å². The first-order chi connectivity index (χ1) is 8.82. The number of alkyl halides is 1. The summed E-state index contributed by atoms with van der Waals surface area (Å²) in [5.74, 6) is 0.498. The molecule has 0 N–H and O–H groups in total. The summed E-state index contributed by atoms with van der Waals surface area (Å²) in [5.41, 5.74) is 1.41. The van der Waals surface area contributed by atoms with Crippen molar-refractivity contribution in [2.75, 3.05) is 0 Å². The molecule has 1 fully saturated rings. The van der Waals surface area contributed by atoms with Crippen LogP contribution in [0.25, 0.3) is 0 Å². The third-order valence-electron chi connectivity index (χ3n) is 4.21. The van der Waals surface area contributed by atoms with Crippen LogP contribution in [-0.2, 0) is 10.2 Å². The highest BCUT2D eigenvalue weighted by Gasteiger charge is 2.42. The van der Waals surface area contributed by atoms with Crippen molar-refractivity contribution in [3.05, 3.63) is 29.6 Å². The Morgan fingerprint density at radius 1 is 1.42 bits per heavy atom. The summed E-state index contributed by atoms with van der Waals surface area (Å²) in [7, 11) is 0. The second kappa shape index (κ2) is 5.20. The minimum Gasteiger partial charge on any atom is -0.374 e. The Labute approximate surface area is 115 Å². The molecule has 2 rings (SSSR count). The quantitative estimate of drug-likeness (QED) is 0.817. The molecule has 1 aliphatic heterocycles. The SMILES string of the molecule is CC(F)c1ccnc(C(C)(C)[C@H]2O[C@@H](C)C[C@H]2C)c1. The lowest BCUT2D eigenvalue weighted by atomic mass is 9.77. The van der Waals surface area contributed by atoms with Crippen LogP contribution < -0.4 is 0 Å². The van der Waals surface area contributed by atoms with E-state index in [1.807, 2.05) is 6.07 Å². The third-order valence-corrected chi connectivity index (χ3v) is 4.21. The first-order valence-electron chi connectivity index (χ1n) is 7.08. The van der Waals surface area contributed by atoms with Gasteiger partial charge in [0, 0.05) is 17.3 Å². The van der Waals surface area contributed by atoms with Crippen molar-refractivity contribution in [3.8, 4) is 0 Å². The molecule has 106 valence electrons. The van der Waals surface area contributed by atoms with Crippen molar-refractivity contribution in [2.45, 2.75) is 64.8 Å². The van der Waals surface area contributed by atoms with E-state index in [9.17, 15) is 4.39 Å². The van der Waals surface area contributed by atoms with E-state index in [0.717, 1.165) is 12.1 Å². The smallest absolute Gasteiger partial charge is 0.122 e. The van der Waals surface area contributed by atoms with E-state index in [1.54, 1.807) is 19.2 Å². The molecule has 1 aromatic heterocycles. The molecule has 1 saturated heterocycles. The number of aromatic nitrogens is 1. The van der Waals surface area contributed by atoms with Crippen molar-refractivity contribution < 1.29 is 9.13 Å². The van der Waals surface area contributed by atoms with Crippen LogP contribution in [0.1, 0.15) is 58.5 Å². The predicted octanol–water partition coefficient (Wildman–Crippen LogP) is 4.20. The Hall–Kier alpha value is -0.960. The number of rotatable bonds is 3. The van der Waals surface area contributed by atoms with Crippen LogP contribution in [0.15, 0.2) is 18.3 Å². The topological polar surface area (TPSA) is 22.1 Å². The van der Waals surface area contributed by atoms with Gasteiger partial charge < -0.3 is 4.74 Å². The maximum Gasteiger partial charge on any atom is 0.122 e. The van der Waals surface area contributed by atoms with Crippen molar-refractivity contribution >= 4 is 0 Å². The molecule has 1 aromatic rings. The van der Waals surface area contributed by atoms with E-state index in [4.69, 9.17) is 4.74 Å². The molecule has 2 heterocycles. The van der Waals surface area contributed by atoms with Gasteiger partial charge in [-0.2, -0.15) is 0 Å². The molecule has 0 bridgehead atoms. The molecule has 1 aliphatic rings. The molecule has 0 aromatic carbocycles. The van der Waals surface area contributed by atoms with Crippen LogP contribution >= 0.6 is 0 Å². The van der Waals surface area contributed by atoms with Crippen LogP contribution in [-0.4, -0.2) is 17.2 Å². The highest BCUT2D eigenvalue weighted by molar-refractivity contribution is 5.25. The predicted molar refractivity (Wildman–Crippen MR) is 74.9 cm³/mol. The fourth-order valence-corrected chi connectivity index (χ4v) is 3.16. The molecular formula is C16H24FNO. The van der Waals surface area contributed by atoms with E-state index in [1.165, 1.54) is 0 Å². The Bertz CT molecular complexity index is 444. The van der Waals surface area contributed by atoms with Gasteiger partial charge >= 0.3 is 0 Å².